The molecule has 4 saturated carbocycles. The summed E-state index contributed by atoms with van der Waals surface area (Å²) in [4.78, 5) is 26.5. The Morgan fingerprint density at radius 2 is 1.19 bits per heavy atom. The van der Waals surface area contributed by atoms with Gasteiger partial charge in [-0.1, -0.05) is 46.3 Å². The number of ether oxygens (including phenoxy) is 12. The number of methoxy groups -OCH3 is 1. The smallest absolute Gasteiger partial charge is 0.337 e. The lowest BCUT2D eigenvalue weighted by Crippen LogP contribution is -2.68. The maximum absolute atomic E-state index is 14.3. The number of carbonyl (C=O) groups excluding carboxylic acids is 2. The number of rotatable bonds is 18. The molecule has 17 N–H and O–H groups in total. The predicted molar refractivity (Wildman–Crippen MR) is 313 cm³/mol. The van der Waals surface area contributed by atoms with E-state index in [2.05, 4.69) is 45.4 Å². The molecule has 0 aromatic rings. The third kappa shape index (κ3) is 12.8. The minimum absolute atomic E-state index is 0.0273. The van der Waals surface area contributed by atoms with Gasteiger partial charge in [-0.3, -0.25) is 4.79 Å². The zero-order chi connectivity index (χ0) is 68.9. The molecular formula is C63H102O31. The standard InChI is InChI=1S/C63H102O31/c1-25-36(69)40(73)46(79)53(87-25)94-50-43(76)38(71)30(20-65)89-56(50)90-31-23-85-55(49(39(31)72)93-54-47(80)41(74)37(70)29(19-64)88-54)91-35-12-13-60(5)32(58(35,2)3)11-14-61(6)33(60)10-9-27-28-17-59(4,15-16-63(28,24-66)34(68)18-62(27,61)7)57(82)86-22-26(67)21-84-52-45(78)42(75)44(77)48(92-52)51(81)83-8/h9,25-26,28-50,52-56,64-80H,10-24H2,1-8H3/t25-,26-,28-,29+,30+,31-,32-,33+,34+,35-,36-,37+,38+,39-,40+,41-,42-,43-,44-,45+,46+,47+,48-,49+,50+,52-,53-,54-,55-,56-,59-,60-,61+,62+,63+/m0/s1. The summed E-state index contributed by atoms with van der Waals surface area (Å²) in [5.41, 5.74) is -3.16. The normalized spacial score (nSPS) is 52.2. The van der Waals surface area contributed by atoms with E-state index in [0.29, 0.717) is 38.5 Å². The summed E-state index contributed by atoms with van der Waals surface area (Å²) < 4.78 is 70.3. The van der Waals surface area contributed by atoms with Gasteiger partial charge in [0.25, 0.3) is 0 Å². The fourth-order valence-corrected chi connectivity index (χ4v) is 18.3. The molecule has 10 aliphatic rings. The Bertz CT molecular complexity index is 2640. The lowest BCUT2D eigenvalue weighted by Gasteiger charge is -2.72. The summed E-state index contributed by atoms with van der Waals surface area (Å²) in [6, 6.07) is 0. The van der Waals surface area contributed by atoms with Gasteiger partial charge in [-0.15, -0.1) is 0 Å². The van der Waals surface area contributed by atoms with Gasteiger partial charge in [0.05, 0.1) is 63.9 Å². The van der Waals surface area contributed by atoms with Crippen LogP contribution in [0, 0.1) is 50.2 Å². The Morgan fingerprint density at radius 3 is 1.83 bits per heavy atom. The number of hydrogen-bond donors (Lipinski definition) is 17. The van der Waals surface area contributed by atoms with Crippen LogP contribution >= 0.6 is 0 Å². The third-order valence-electron chi connectivity index (χ3n) is 24.3. The minimum atomic E-state index is -1.95. The Kier molecular flexibility index (Phi) is 22.3. The van der Waals surface area contributed by atoms with Crippen LogP contribution in [0.15, 0.2) is 11.6 Å². The average Bonchev–Trinajstić information content (AvgIpc) is 0.674. The molecule has 0 unspecified atom stereocenters. The molecule has 540 valence electrons. The summed E-state index contributed by atoms with van der Waals surface area (Å²) in [6.45, 7) is 10.5. The van der Waals surface area contributed by atoms with Crippen LogP contribution in [0.5, 0.6) is 0 Å². The quantitative estimate of drug-likeness (QED) is 0.0347. The third-order valence-corrected chi connectivity index (χ3v) is 24.3. The van der Waals surface area contributed by atoms with E-state index in [0.717, 1.165) is 12.7 Å². The van der Waals surface area contributed by atoms with Crippen molar-refractivity contribution in [2.24, 2.45) is 50.2 Å². The fourth-order valence-electron chi connectivity index (χ4n) is 18.3. The number of aliphatic hydroxyl groups excluding tert-OH is 17. The van der Waals surface area contributed by atoms with Crippen molar-refractivity contribution in [2.45, 2.75) is 272 Å². The van der Waals surface area contributed by atoms with Gasteiger partial charge in [0.15, 0.2) is 37.6 Å². The number of carbonyl (C=O) groups is 2. The number of hydrogen-bond acceptors (Lipinski definition) is 31. The summed E-state index contributed by atoms with van der Waals surface area (Å²) in [6.07, 6.45) is -37.6. The van der Waals surface area contributed by atoms with Gasteiger partial charge in [-0.2, -0.15) is 0 Å². The van der Waals surface area contributed by atoms with Crippen LogP contribution in [0.3, 0.4) is 0 Å². The molecule has 94 heavy (non-hydrogen) atoms. The Labute approximate surface area is 544 Å². The average molecular weight is 1360 g/mol. The minimum Gasteiger partial charge on any atom is -0.467 e. The van der Waals surface area contributed by atoms with Crippen molar-refractivity contribution in [3.8, 4) is 0 Å². The van der Waals surface area contributed by atoms with Gasteiger partial charge in [0.1, 0.15) is 116 Å². The monoisotopic (exact) mass is 1350 g/mol. The van der Waals surface area contributed by atoms with E-state index < -0.39 is 244 Å². The van der Waals surface area contributed by atoms with Gasteiger partial charge in [0, 0.05) is 5.41 Å². The summed E-state index contributed by atoms with van der Waals surface area (Å²) in [7, 11) is 1.04. The lowest BCUT2D eigenvalue weighted by atomic mass is 9.33. The second-order valence-corrected chi connectivity index (χ2v) is 29.9. The van der Waals surface area contributed by atoms with Crippen molar-refractivity contribution >= 4 is 11.9 Å². The molecule has 5 saturated heterocycles. The molecule has 35 atom stereocenters. The van der Waals surface area contributed by atoms with E-state index in [9.17, 15) is 96.4 Å². The van der Waals surface area contributed by atoms with E-state index in [1.54, 1.807) is 6.92 Å². The van der Waals surface area contributed by atoms with E-state index in [4.69, 9.17) is 52.1 Å². The van der Waals surface area contributed by atoms with Crippen molar-refractivity contribution in [3.05, 3.63) is 11.6 Å². The highest BCUT2D eigenvalue weighted by Gasteiger charge is 2.71. The summed E-state index contributed by atoms with van der Waals surface area (Å²) in [5, 5.41) is 186. The van der Waals surface area contributed by atoms with Crippen LogP contribution in [0.4, 0.5) is 0 Å². The number of aliphatic hydroxyl groups is 17. The van der Waals surface area contributed by atoms with E-state index in [-0.39, 0.29) is 43.1 Å². The van der Waals surface area contributed by atoms with Crippen LogP contribution in [-0.2, 0) is 66.4 Å². The molecule has 5 aliphatic heterocycles. The van der Waals surface area contributed by atoms with Gasteiger partial charge < -0.3 is 144 Å². The first-order valence-electron chi connectivity index (χ1n) is 32.9. The molecule has 5 aliphatic carbocycles. The fraction of sp³-hybridized carbons (Fsp3) is 0.937. The Hall–Kier alpha value is -2.40. The number of allylic oxidation sites excluding steroid dienone is 2. The summed E-state index contributed by atoms with van der Waals surface area (Å²) in [5.74, 6) is -2.11. The summed E-state index contributed by atoms with van der Waals surface area (Å²) >= 11 is 0. The van der Waals surface area contributed by atoms with Crippen LogP contribution < -0.4 is 0 Å². The first kappa shape index (κ1) is 74.3. The van der Waals surface area contributed by atoms with Gasteiger partial charge >= 0.3 is 11.9 Å². The highest BCUT2D eigenvalue weighted by atomic mass is 16.8. The topological polar surface area (TPSA) is 489 Å². The van der Waals surface area contributed by atoms with Crippen LogP contribution in [0.25, 0.3) is 0 Å². The number of esters is 2. The lowest BCUT2D eigenvalue weighted by molar-refractivity contribution is -0.394. The molecule has 0 spiro atoms. The van der Waals surface area contributed by atoms with Crippen molar-refractivity contribution in [1.29, 1.82) is 0 Å². The van der Waals surface area contributed by atoms with E-state index in [1.165, 1.54) is 6.92 Å². The van der Waals surface area contributed by atoms with Crippen LogP contribution in [0.2, 0.25) is 0 Å². The molecule has 9 fully saturated rings. The predicted octanol–water partition coefficient (Wildman–Crippen LogP) is -5.04. The van der Waals surface area contributed by atoms with Gasteiger partial charge in [-0.25, -0.2) is 4.79 Å². The Balaban J connectivity index is 0.852. The maximum Gasteiger partial charge on any atom is 0.337 e. The van der Waals surface area contributed by atoms with Crippen molar-refractivity contribution in [1.82, 2.24) is 0 Å². The van der Waals surface area contributed by atoms with Crippen molar-refractivity contribution in [3.63, 3.8) is 0 Å². The molecule has 0 amide bonds. The molecule has 10 rings (SSSR count). The first-order valence-corrected chi connectivity index (χ1v) is 32.9. The van der Waals surface area contributed by atoms with Crippen LogP contribution in [-0.4, -0.2) is 311 Å². The molecule has 31 heteroatoms. The molecule has 31 nitrogen and oxygen atoms in total. The van der Waals surface area contributed by atoms with Gasteiger partial charge in [0.2, 0.25) is 0 Å². The SMILES string of the molecule is COC(=O)[C@H]1O[C@H](OC[C@H](O)COC(=O)[C@@]2(C)CC[C@]3(CO)[C@H](O)C[C@]4(C)C(=CC[C@@H]5[C@@]6(C)CC[C@H](O[C@@H]7OC[C@H](O[C@@H]8O[C@H](CO)[C@@H](O)[C@H](O)[C@H]8O[C@@H]8O[C@@H](C)[C@H](O)[C@@H](O)[C@H]8O)[C@H](O)[C@H]7O[C@@H]7O[C@H](CO)[C@@H](O)[C@H](O)[C@H]7O)C(C)(C)[C@@H]6CC[C@]54C)[C@@H]3C2)[C@H](O)[C@@H](O)[C@@H]1O. The second-order valence-electron chi connectivity index (χ2n) is 29.9. The zero-order valence-corrected chi connectivity index (χ0v) is 54.3. The molecule has 0 radical (unpaired) electrons. The zero-order valence-electron chi connectivity index (χ0n) is 54.3. The largest absolute Gasteiger partial charge is 0.467 e. The van der Waals surface area contributed by atoms with Crippen molar-refractivity contribution in [2.75, 3.05) is 46.8 Å². The molecule has 5 heterocycles. The maximum atomic E-state index is 14.3. The Morgan fingerprint density at radius 1 is 0.596 bits per heavy atom. The molecular weight excluding hydrogens is 1250 g/mol. The number of fused-ring (bicyclic) bond motifs is 7. The molecule has 0 bridgehead atoms. The van der Waals surface area contributed by atoms with Crippen LogP contribution in [0.1, 0.15) is 106 Å². The van der Waals surface area contributed by atoms with E-state index >= 15 is 0 Å². The van der Waals surface area contributed by atoms with E-state index in [1.807, 2.05) is 0 Å². The first-order chi connectivity index (χ1) is 44.1. The van der Waals surface area contributed by atoms with Gasteiger partial charge in [-0.05, 0) is 111 Å². The highest BCUT2D eigenvalue weighted by Crippen LogP contribution is 2.76. The second kappa shape index (κ2) is 28.2. The van der Waals surface area contributed by atoms with Crippen molar-refractivity contribution < 1.29 is 153 Å². The highest BCUT2D eigenvalue weighted by molar-refractivity contribution is 5.77. The molecule has 0 aromatic heterocycles. The molecule has 0 aromatic carbocycles.